The number of nitrogens with zero attached hydrogens (tertiary/aromatic N) is 3. The molecule has 1 amide bonds. The molecule has 2 aliphatic rings. The minimum Gasteiger partial charge on any atom is -0.444 e. The summed E-state index contributed by atoms with van der Waals surface area (Å²) < 4.78 is 7.25. The first-order valence-corrected chi connectivity index (χ1v) is 7.42. The standard InChI is InChI=1S/C15H21N3O3/c1-15(2,3)21-14(20)17-7-6-12-11(8-17)13(9-19)18(16-12)10-4-5-10/h9-10H,4-8H2,1-3H3. The van der Waals surface area contributed by atoms with Crippen LogP contribution in [0.2, 0.25) is 0 Å². The molecule has 0 spiro atoms. The van der Waals surface area contributed by atoms with Crippen molar-refractivity contribution in [3.8, 4) is 0 Å². The van der Waals surface area contributed by atoms with Gasteiger partial charge in [0.05, 0.1) is 18.3 Å². The topological polar surface area (TPSA) is 64.4 Å². The van der Waals surface area contributed by atoms with Gasteiger partial charge in [0.2, 0.25) is 0 Å². The average Bonchev–Trinajstić information content (AvgIpc) is 3.17. The summed E-state index contributed by atoms with van der Waals surface area (Å²) in [5.74, 6) is 0. The molecule has 0 aromatic carbocycles. The number of aromatic nitrogens is 2. The lowest BCUT2D eigenvalue weighted by Gasteiger charge is -2.29. The second-order valence-corrected chi connectivity index (χ2v) is 6.76. The molecule has 6 heteroatoms. The normalized spacial score (nSPS) is 18.3. The van der Waals surface area contributed by atoms with Crippen LogP contribution in [0.5, 0.6) is 0 Å². The second-order valence-electron chi connectivity index (χ2n) is 6.76. The summed E-state index contributed by atoms with van der Waals surface area (Å²) >= 11 is 0. The van der Waals surface area contributed by atoms with Crippen LogP contribution in [0.15, 0.2) is 0 Å². The van der Waals surface area contributed by atoms with Crippen LogP contribution in [-0.4, -0.2) is 39.2 Å². The predicted molar refractivity (Wildman–Crippen MR) is 76.2 cm³/mol. The number of ether oxygens (including phenoxy) is 1. The summed E-state index contributed by atoms with van der Waals surface area (Å²) in [5, 5.41) is 4.56. The molecule has 6 nitrogen and oxygen atoms in total. The van der Waals surface area contributed by atoms with Crippen molar-refractivity contribution in [2.45, 2.75) is 58.2 Å². The Kier molecular flexibility index (Phi) is 3.26. The van der Waals surface area contributed by atoms with Crippen LogP contribution in [0.1, 0.15) is 61.4 Å². The first-order valence-electron chi connectivity index (χ1n) is 7.42. The van der Waals surface area contributed by atoms with Crippen molar-refractivity contribution in [3.63, 3.8) is 0 Å². The molecule has 1 aliphatic heterocycles. The third kappa shape index (κ3) is 2.80. The van der Waals surface area contributed by atoms with Gasteiger partial charge in [0.25, 0.3) is 0 Å². The number of rotatable bonds is 2. The smallest absolute Gasteiger partial charge is 0.410 e. The van der Waals surface area contributed by atoms with Crippen LogP contribution in [0, 0.1) is 0 Å². The van der Waals surface area contributed by atoms with Crippen LogP contribution in [0.3, 0.4) is 0 Å². The first-order chi connectivity index (χ1) is 9.89. The van der Waals surface area contributed by atoms with Crippen molar-refractivity contribution in [1.29, 1.82) is 0 Å². The second kappa shape index (κ2) is 4.86. The lowest BCUT2D eigenvalue weighted by molar-refractivity contribution is 0.0223. The number of hydrogen-bond donors (Lipinski definition) is 0. The molecule has 21 heavy (non-hydrogen) atoms. The van der Waals surface area contributed by atoms with Gasteiger partial charge in [0.1, 0.15) is 11.3 Å². The highest BCUT2D eigenvalue weighted by Crippen LogP contribution is 2.37. The van der Waals surface area contributed by atoms with Gasteiger partial charge in [-0.2, -0.15) is 5.10 Å². The van der Waals surface area contributed by atoms with Gasteiger partial charge in [0, 0.05) is 18.5 Å². The molecule has 0 saturated heterocycles. The quantitative estimate of drug-likeness (QED) is 0.784. The molecule has 1 aromatic heterocycles. The Hall–Kier alpha value is -1.85. The fraction of sp³-hybridized carbons (Fsp3) is 0.667. The molecule has 1 fully saturated rings. The number of carbonyl (C=O) groups excluding carboxylic acids is 2. The zero-order valence-electron chi connectivity index (χ0n) is 12.8. The maximum absolute atomic E-state index is 12.2. The molecule has 2 heterocycles. The Labute approximate surface area is 124 Å². The Morgan fingerprint density at radius 3 is 2.67 bits per heavy atom. The highest BCUT2D eigenvalue weighted by atomic mass is 16.6. The van der Waals surface area contributed by atoms with E-state index in [2.05, 4.69) is 5.10 Å². The Balaban J connectivity index is 1.81. The fourth-order valence-corrected chi connectivity index (χ4v) is 2.62. The maximum Gasteiger partial charge on any atom is 0.410 e. The fourth-order valence-electron chi connectivity index (χ4n) is 2.62. The molecule has 0 unspecified atom stereocenters. The molecule has 0 atom stereocenters. The van der Waals surface area contributed by atoms with Crippen LogP contribution in [-0.2, 0) is 17.7 Å². The van der Waals surface area contributed by atoms with E-state index in [1.54, 1.807) is 4.90 Å². The van der Waals surface area contributed by atoms with Crippen molar-refractivity contribution in [2.75, 3.05) is 6.54 Å². The summed E-state index contributed by atoms with van der Waals surface area (Å²) in [7, 11) is 0. The minimum absolute atomic E-state index is 0.329. The lowest BCUT2D eigenvalue weighted by Crippen LogP contribution is -2.40. The van der Waals surface area contributed by atoms with Gasteiger partial charge in [-0.05, 0) is 33.6 Å². The van der Waals surface area contributed by atoms with E-state index in [1.165, 1.54) is 0 Å². The van der Waals surface area contributed by atoms with E-state index in [1.807, 2.05) is 25.5 Å². The highest BCUT2D eigenvalue weighted by molar-refractivity contribution is 5.76. The summed E-state index contributed by atoms with van der Waals surface area (Å²) in [6.07, 6.45) is 3.37. The molecule has 0 radical (unpaired) electrons. The van der Waals surface area contributed by atoms with Crippen LogP contribution in [0.25, 0.3) is 0 Å². The largest absolute Gasteiger partial charge is 0.444 e. The zero-order valence-corrected chi connectivity index (χ0v) is 12.8. The predicted octanol–water partition coefficient (Wildman–Crippen LogP) is 2.32. The van der Waals surface area contributed by atoms with E-state index in [0.717, 1.165) is 30.4 Å². The van der Waals surface area contributed by atoms with E-state index in [9.17, 15) is 9.59 Å². The lowest BCUT2D eigenvalue weighted by atomic mass is 10.1. The van der Waals surface area contributed by atoms with Gasteiger partial charge in [-0.15, -0.1) is 0 Å². The van der Waals surface area contributed by atoms with Crippen molar-refractivity contribution >= 4 is 12.4 Å². The molecule has 3 rings (SSSR count). The SMILES string of the molecule is CC(C)(C)OC(=O)N1CCc2nn(C3CC3)c(C=O)c2C1. The highest BCUT2D eigenvalue weighted by Gasteiger charge is 2.33. The van der Waals surface area contributed by atoms with Crippen LogP contribution >= 0.6 is 0 Å². The molecule has 1 aliphatic carbocycles. The number of fused-ring (bicyclic) bond motifs is 1. The van der Waals surface area contributed by atoms with Crippen LogP contribution < -0.4 is 0 Å². The molecular weight excluding hydrogens is 270 g/mol. The van der Waals surface area contributed by atoms with E-state index < -0.39 is 5.60 Å². The van der Waals surface area contributed by atoms with Crippen molar-refractivity contribution in [3.05, 3.63) is 17.0 Å². The first kappa shape index (κ1) is 14.1. The zero-order chi connectivity index (χ0) is 15.2. The monoisotopic (exact) mass is 291 g/mol. The van der Waals surface area contributed by atoms with Gasteiger partial charge in [-0.3, -0.25) is 9.48 Å². The summed E-state index contributed by atoms with van der Waals surface area (Å²) in [6.45, 7) is 6.54. The van der Waals surface area contributed by atoms with Gasteiger partial charge in [-0.25, -0.2) is 4.79 Å². The van der Waals surface area contributed by atoms with Crippen molar-refractivity contribution in [2.24, 2.45) is 0 Å². The van der Waals surface area contributed by atoms with Gasteiger partial charge >= 0.3 is 6.09 Å². The molecule has 1 aromatic rings. The Morgan fingerprint density at radius 2 is 2.10 bits per heavy atom. The summed E-state index contributed by atoms with van der Waals surface area (Å²) in [6, 6.07) is 0.366. The Morgan fingerprint density at radius 1 is 1.38 bits per heavy atom. The number of aldehydes is 1. The van der Waals surface area contributed by atoms with E-state index in [0.29, 0.717) is 31.2 Å². The molecular formula is C15H21N3O3. The molecule has 0 N–H and O–H groups in total. The average molecular weight is 291 g/mol. The van der Waals surface area contributed by atoms with Crippen molar-refractivity contribution in [1.82, 2.24) is 14.7 Å². The third-order valence-corrected chi connectivity index (χ3v) is 3.76. The van der Waals surface area contributed by atoms with E-state index in [-0.39, 0.29) is 6.09 Å². The van der Waals surface area contributed by atoms with Gasteiger partial charge < -0.3 is 9.64 Å². The molecule has 0 bridgehead atoms. The van der Waals surface area contributed by atoms with Gasteiger partial charge in [-0.1, -0.05) is 0 Å². The van der Waals surface area contributed by atoms with E-state index >= 15 is 0 Å². The minimum atomic E-state index is -0.511. The summed E-state index contributed by atoms with van der Waals surface area (Å²) in [5.41, 5.74) is 1.95. The third-order valence-electron chi connectivity index (χ3n) is 3.76. The maximum atomic E-state index is 12.2. The summed E-state index contributed by atoms with van der Waals surface area (Å²) in [4.78, 5) is 25.2. The number of amides is 1. The number of carbonyl (C=O) groups is 2. The molecule has 1 saturated carbocycles. The molecule has 114 valence electrons. The van der Waals surface area contributed by atoms with Crippen LogP contribution in [0.4, 0.5) is 4.79 Å². The van der Waals surface area contributed by atoms with Crippen molar-refractivity contribution < 1.29 is 14.3 Å². The number of hydrogen-bond acceptors (Lipinski definition) is 4. The Bertz CT molecular complexity index is 582. The van der Waals surface area contributed by atoms with E-state index in [4.69, 9.17) is 4.74 Å². The van der Waals surface area contributed by atoms with Gasteiger partial charge in [0.15, 0.2) is 6.29 Å².